The Balaban J connectivity index is 1.92. The quantitative estimate of drug-likeness (QED) is 0.762. The molecule has 3 heterocycles. The van der Waals surface area contributed by atoms with Gasteiger partial charge in [-0.25, -0.2) is 9.97 Å². The van der Waals surface area contributed by atoms with Gasteiger partial charge in [0.1, 0.15) is 5.52 Å². The minimum Gasteiger partial charge on any atom is -0.369 e. The van der Waals surface area contributed by atoms with Crippen molar-refractivity contribution in [2.24, 2.45) is 0 Å². The highest BCUT2D eigenvalue weighted by Crippen LogP contribution is 2.17. The lowest BCUT2D eigenvalue weighted by Gasteiger charge is -2.04. The number of nitrogen functional groups attached to an aromatic ring is 1. The smallest absolute Gasteiger partial charge is 0.201 e. The fraction of sp³-hybridized carbons (Fsp3) is 0.182. The first-order valence-electron chi connectivity index (χ1n) is 5.27. The van der Waals surface area contributed by atoms with Crippen molar-refractivity contribution in [3.63, 3.8) is 0 Å². The number of imidazole rings is 1. The van der Waals surface area contributed by atoms with E-state index in [9.17, 15) is 0 Å². The summed E-state index contributed by atoms with van der Waals surface area (Å²) in [6.07, 6.45) is 4.34. The fourth-order valence-corrected chi connectivity index (χ4v) is 2.42. The van der Waals surface area contributed by atoms with E-state index >= 15 is 0 Å². The van der Waals surface area contributed by atoms with Crippen LogP contribution in [-0.4, -0.2) is 19.5 Å². The van der Waals surface area contributed by atoms with Gasteiger partial charge in [-0.05, 0) is 6.07 Å². The SMILES string of the molecule is Nc1nc2cnccc2n1CCc1cscn1. The third-order valence-corrected chi connectivity index (χ3v) is 3.29. The number of thiazole rings is 1. The van der Waals surface area contributed by atoms with Gasteiger partial charge in [-0.15, -0.1) is 11.3 Å². The first kappa shape index (κ1) is 10.2. The molecule has 0 aliphatic rings. The van der Waals surface area contributed by atoms with Crippen molar-refractivity contribution in [1.82, 2.24) is 19.5 Å². The summed E-state index contributed by atoms with van der Waals surface area (Å²) in [7, 11) is 0. The van der Waals surface area contributed by atoms with Crippen LogP contribution in [0.3, 0.4) is 0 Å². The average Bonchev–Trinajstić information content (AvgIpc) is 2.93. The van der Waals surface area contributed by atoms with Crippen LogP contribution in [0.15, 0.2) is 29.4 Å². The Morgan fingerprint density at radius 3 is 3.18 bits per heavy atom. The van der Waals surface area contributed by atoms with Crippen molar-refractivity contribution < 1.29 is 0 Å². The van der Waals surface area contributed by atoms with Crippen LogP contribution in [0.2, 0.25) is 0 Å². The molecule has 0 saturated carbocycles. The molecular weight excluding hydrogens is 234 g/mol. The number of nitrogens with zero attached hydrogens (tertiary/aromatic N) is 4. The number of fused-ring (bicyclic) bond motifs is 1. The highest BCUT2D eigenvalue weighted by Gasteiger charge is 2.07. The molecule has 0 saturated heterocycles. The normalized spacial score (nSPS) is 11.1. The summed E-state index contributed by atoms with van der Waals surface area (Å²) in [6, 6.07) is 1.93. The molecule has 86 valence electrons. The second kappa shape index (κ2) is 4.14. The van der Waals surface area contributed by atoms with Gasteiger partial charge in [0, 0.05) is 24.5 Å². The van der Waals surface area contributed by atoms with Crippen LogP contribution in [0.4, 0.5) is 5.95 Å². The number of pyridine rings is 1. The highest BCUT2D eigenvalue weighted by molar-refractivity contribution is 7.07. The van der Waals surface area contributed by atoms with Gasteiger partial charge < -0.3 is 10.3 Å². The van der Waals surface area contributed by atoms with Gasteiger partial charge in [0.25, 0.3) is 0 Å². The molecule has 0 fully saturated rings. The largest absolute Gasteiger partial charge is 0.369 e. The zero-order valence-electron chi connectivity index (χ0n) is 9.08. The van der Waals surface area contributed by atoms with E-state index in [-0.39, 0.29) is 0 Å². The highest BCUT2D eigenvalue weighted by atomic mass is 32.1. The average molecular weight is 245 g/mol. The zero-order chi connectivity index (χ0) is 11.7. The maximum Gasteiger partial charge on any atom is 0.201 e. The standard InChI is InChI=1S/C11H11N5S/c12-11-15-9-5-13-3-1-10(9)16(11)4-2-8-6-17-7-14-8/h1,3,5-7H,2,4H2,(H2,12,15). The molecule has 3 aromatic rings. The molecule has 0 amide bonds. The van der Waals surface area contributed by atoms with Crippen LogP contribution in [0.5, 0.6) is 0 Å². The van der Waals surface area contributed by atoms with Gasteiger partial charge in [0.15, 0.2) is 0 Å². The lowest BCUT2D eigenvalue weighted by molar-refractivity contribution is 0.716. The Kier molecular flexibility index (Phi) is 2.49. The molecule has 3 rings (SSSR count). The Hall–Kier alpha value is -1.95. The van der Waals surface area contributed by atoms with E-state index in [4.69, 9.17) is 5.73 Å². The van der Waals surface area contributed by atoms with Crippen molar-refractivity contribution in [3.05, 3.63) is 35.0 Å². The predicted molar refractivity (Wildman–Crippen MR) is 67.8 cm³/mol. The first-order valence-corrected chi connectivity index (χ1v) is 6.21. The monoisotopic (exact) mass is 245 g/mol. The van der Waals surface area contributed by atoms with E-state index in [2.05, 4.69) is 20.3 Å². The van der Waals surface area contributed by atoms with Crippen LogP contribution < -0.4 is 5.73 Å². The minimum absolute atomic E-state index is 0.531. The summed E-state index contributed by atoms with van der Waals surface area (Å²) in [5.41, 5.74) is 10.7. The number of aryl methyl sites for hydroxylation is 2. The van der Waals surface area contributed by atoms with Crippen molar-refractivity contribution in [1.29, 1.82) is 0 Å². The molecule has 17 heavy (non-hydrogen) atoms. The Morgan fingerprint density at radius 1 is 1.41 bits per heavy atom. The molecule has 0 radical (unpaired) electrons. The van der Waals surface area contributed by atoms with Crippen molar-refractivity contribution >= 4 is 28.3 Å². The van der Waals surface area contributed by atoms with E-state index < -0.39 is 0 Å². The number of rotatable bonds is 3. The molecule has 0 aliphatic heterocycles. The topological polar surface area (TPSA) is 69.6 Å². The summed E-state index contributed by atoms with van der Waals surface area (Å²) in [4.78, 5) is 12.6. The molecule has 0 aliphatic carbocycles. The van der Waals surface area contributed by atoms with Crippen LogP contribution in [0.25, 0.3) is 11.0 Å². The summed E-state index contributed by atoms with van der Waals surface area (Å²) in [6.45, 7) is 0.788. The first-order chi connectivity index (χ1) is 8.34. The van der Waals surface area contributed by atoms with Gasteiger partial charge in [-0.3, -0.25) is 4.98 Å². The molecule has 5 nitrogen and oxygen atoms in total. The molecule has 0 atom stereocenters. The van der Waals surface area contributed by atoms with Gasteiger partial charge in [-0.2, -0.15) is 0 Å². The number of nitrogens with two attached hydrogens (primary N) is 1. The number of hydrogen-bond donors (Lipinski definition) is 1. The van der Waals surface area contributed by atoms with Crippen LogP contribution in [-0.2, 0) is 13.0 Å². The van der Waals surface area contributed by atoms with Gasteiger partial charge in [-0.1, -0.05) is 0 Å². The summed E-state index contributed by atoms with van der Waals surface area (Å²) in [5.74, 6) is 0.531. The number of anilines is 1. The number of hydrogen-bond acceptors (Lipinski definition) is 5. The van der Waals surface area contributed by atoms with E-state index in [0.29, 0.717) is 5.95 Å². The maximum atomic E-state index is 5.90. The lowest BCUT2D eigenvalue weighted by Crippen LogP contribution is -2.05. The Labute approximate surface area is 102 Å². The van der Waals surface area contributed by atoms with E-state index in [1.165, 1.54) is 0 Å². The van der Waals surface area contributed by atoms with Crippen LogP contribution in [0.1, 0.15) is 5.69 Å². The molecule has 0 unspecified atom stereocenters. The van der Waals surface area contributed by atoms with Crippen LogP contribution >= 0.6 is 11.3 Å². The Morgan fingerprint density at radius 2 is 2.35 bits per heavy atom. The summed E-state index contributed by atoms with van der Waals surface area (Å²) in [5, 5.41) is 2.05. The second-order valence-electron chi connectivity index (χ2n) is 3.72. The van der Waals surface area contributed by atoms with E-state index in [0.717, 1.165) is 29.7 Å². The predicted octanol–water partition coefficient (Wildman–Crippen LogP) is 1.71. The second-order valence-corrected chi connectivity index (χ2v) is 4.43. The third kappa shape index (κ3) is 1.87. The number of aromatic nitrogens is 4. The summed E-state index contributed by atoms with van der Waals surface area (Å²) < 4.78 is 2.00. The molecule has 6 heteroatoms. The lowest BCUT2D eigenvalue weighted by atomic mass is 10.3. The summed E-state index contributed by atoms with van der Waals surface area (Å²) >= 11 is 1.61. The zero-order valence-corrected chi connectivity index (χ0v) is 9.89. The van der Waals surface area contributed by atoms with Gasteiger partial charge >= 0.3 is 0 Å². The molecule has 3 aromatic heterocycles. The maximum absolute atomic E-state index is 5.90. The third-order valence-electron chi connectivity index (χ3n) is 2.66. The van der Waals surface area contributed by atoms with Gasteiger partial charge in [0.2, 0.25) is 5.95 Å². The molecule has 0 spiro atoms. The van der Waals surface area contributed by atoms with E-state index in [1.54, 1.807) is 23.7 Å². The van der Waals surface area contributed by atoms with Crippen molar-refractivity contribution in [2.45, 2.75) is 13.0 Å². The van der Waals surface area contributed by atoms with E-state index in [1.807, 2.05) is 16.1 Å². The Bertz CT molecular complexity index is 628. The van der Waals surface area contributed by atoms with Crippen molar-refractivity contribution in [3.8, 4) is 0 Å². The minimum atomic E-state index is 0.531. The molecular formula is C11H11N5S. The molecule has 0 bridgehead atoms. The molecule has 0 aromatic carbocycles. The van der Waals surface area contributed by atoms with Crippen molar-refractivity contribution in [2.75, 3.05) is 5.73 Å². The fourth-order valence-electron chi connectivity index (χ4n) is 1.82. The molecule has 2 N–H and O–H groups in total. The van der Waals surface area contributed by atoms with Crippen LogP contribution in [0, 0.1) is 0 Å². The van der Waals surface area contributed by atoms with Gasteiger partial charge in [0.05, 0.1) is 22.9 Å².